The van der Waals surface area contributed by atoms with Crippen molar-refractivity contribution in [2.45, 2.75) is 44.5 Å². The third-order valence-electron chi connectivity index (χ3n) is 6.10. The molecule has 12 nitrogen and oxygen atoms in total. The molecule has 0 spiro atoms. The standard InChI is InChI=1S/C22H26F3N7O5/c1-12(22(23,24)25)5-16(35)19-28-6-15-20(30-19)32(13-3-2-4-31(15)9-13)21(36)29-17-7-27-18(8-26-17)37-11-14(34)10-33/h6-8,12-14,33-34H,2-5,9-11H2,1H3,(H,26,29,36)/t12-,13-,14+/m0/s1. The zero-order valence-corrected chi connectivity index (χ0v) is 19.9. The zero-order valence-electron chi connectivity index (χ0n) is 19.9. The molecule has 2 aromatic rings. The van der Waals surface area contributed by atoms with Gasteiger partial charge in [0, 0.05) is 19.5 Å². The number of alkyl halides is 3. The Labute approximate surface area is 209 Å². The number of halogens is 3. The van der Waals surface area contributed by atoms with Crippen LogP contribution >= 0.6 is 0 Å². The first-order chi connectivity index (χ1) is 17.6. The fourth-order valence-corrected chi connectivity index (χ4v) is 4.06. The number of urea groups is 1. The number of rotatable bonds is 8. The summed E-state index contributed by atoms with van der Waals surface area (Å²) in [5.41, 5.74) is 0.504. The second kappa shape index (κ2) is 10.8. The Kier molecular flexibility index (Phi) is 7.73. The Morgan fingerprint density at radius 1 is 1.24 bits per heavy atom. The molecule has 2 aromatic heterocycles. The molecule has 0 aliphatic carbocycles. The van der Waals surface area contributed by atoms with E-state index in [4.69, 9.17) is 9.84 Å². The maximum absolute atomic E-state index is 13.3. The van der Waals surface area contributed by atoms with Crippen LogP contribution < -0.4 is 19.9 Å². The van der Waals surface area contributed by atoms with E-state index in [-0.39, 0.29) is 36.0 Å². The summed E-state index contributed by atoms with van der Waals surface area (Å²) in [5, 5.41) is 20.8. The van der Waals surface area contributed by atoms with Gasteiger partial charge in [-0.15, -0.1) is 0 Å². The highest BCUT2D eigenvalue weighted by molar-refractivity contribution is 6.04. The third-order valence-corrected chi connectivity index (χ3v) is 6.10. The number of anilines is 3. The summed E-state index contributed by atoms with van der Waals surface area (Å²) in [6.45, 7) is 1.45. The van der Waals surface area contributed by atoms with Gasteiger partial charge in [0.1, 0.15) is 12.7 Å². The Bertz CT molecular complexity index is 1130. The van der Waals surface area contributed by atoms with Crippen molar-refractivity contribution in [2.75, 3.05) is 41.4 Å². The van der Waals surface area contributed by atoms with E-state index in [0.29, 0.717) is 25.2 Å². The van der Waals surface area contributed by atoms with Gasteiger partial charge >= 0.3 is 12.2 Å². The summed E-state index contributed by atoms with van der Waals surface area (Å²) in [4.78, 5) is 45.5. The molecule has 15 heteroatoms. The van der Waals surface area contributed by atoms with Gasteiger partial charge in [0.05, 0.1) is 42.8 Å². The second-order valence-electron chi connectivity index (χ2n) is 8.90. The van der Waals surface area contributed by atoms with Crippen LogP contribution in [0, 0.1) is 5.92 Å². The molecule has 200 valence electrons. The molecular formula is C22H26F3N7O5. The lowest BCUT2D eigenvalue weighted by Crippen LogP contribution is -2.56. The Hall–Kier alpha value is -3.59. The van der Waals surface area contributed by atoms with Gasteiger partial charge in [-0.2, -0.15) is 13.2 Å². The van der Waals surface area contributed by atoms with Crippen LogP contribution in [0.3, 0.4) is 0 Å². The van der Waals surface area contributed by atoms with E-state index in [1.807, 2.05) is 4.90 Å². The minimum absolute atomic E-state index is 0.0701. The summed E-state index contributed by atoms with van der Waals surface area (Å²) >= 11 is 0. The maximum atomic E-state index is 13.3. The van der Waals surface area contributed by atoms with Crippen molar-refractivity contribution in [3.8, 4) is 5.88 Å². The first kappa shape index (κ1) is 26.5. The number of piperidine rings is 1. The average Bonchev–Trinajstić information content (AvgIpc) is 2.87. The smallest absolute Gasteiger partial charge is 0.391 e. The number of ketones is 1. The van der Waals surface area contributed by atoms with Crippen molar-refractivity contribution >= 4 is 29.1 Å². The number of hydrogen-bond acceptors (Lipinski definition) is 10. The number of aliphatic hydroxyl groups excluding tert-OH is 2. The lowest BCUT2D eigenvalue weighted by molar-refractivity contribution is -0.168. The molecule has 3 N–H and O–H groups in total. The van der Waals surface area contributed by atoms with E-state index in [0.717, 1.165) is 13.3 Å². The monoisotopic (exact) mass is 525 g/mol. The van der Waals surface area contributed by atoms with Crippen molar-refractivity contribution in [1.82, 2.24) is 19.9 Å². The van der Waals surface area contributed by atoms with Crippen molar-refractivity contribution < 1.29 is 37.7 Å². The van der Waals surface area contributed by atoms with E-state index in [2.05, 4.69) is 25.3 Å². The summed E-state index contributed by atoms with van der Waals surface area (Å²) in [6.07, 6.45) is -1.12. The van der Waals surface area contributed by atoms with Gasteiger partial charge in [0.15, 0.2) is 17.5 Å². The van der Waals surface area contributed by atoms with Crippen LogP contribution in [-0.2, 0) is 0 Å². The molecule has 4 rings (SSSR count). The fourth-order valence-electron chi connectivity index (χ4n) is 4.06. The number of Topliss-reactive ketones (excluding diaryl/α,β-unsaturated/α-hetero) is 1. The largest absolute Gasteiger partial charge is 0.474 e. The highest BCUT2D eigenvalue weighted by Crippen LogP contribution is 2.38. The first-order valence-corrected chi connectivity index (χ1v) is 11.6. The Balaban J connectivity index is 1.54. The number of carbonyl (C=O) groups excluding carboxylic acids is 2. The van der Waals surface area contributed by atoms with E-state index in [1.54, 1.807) is 0 Å². The van der Waals surface area contributed by atoms with Crippen LogP contribution in [0.5, 0.6) is 5.88 Å². The van der Waals surface area contributed by atoms with Crippen LogP contribution in [0.1, 0.15) is 36.8 Å². The lowest BCUT2D eigenvalue weighted by atomic mass is 10.00. The van der Waals surface area contributed by atoms with E-state index in [1.165, 1.54) is 23.5 Å². The predicted octanol–water partition coefficient (Wildman–Crippen LogP) is 1.79. The van der Waals surface area contributed by atoms with E-state index < -0.39 is 43.0 Å². The van der Waals surface area contributed by atoms with Crippen molar-refractivity contribution in [1.29, 1.82) is 0 Å². The molecule has 1 fully saturated rings. The molecule has 2 aliphatic heterocycles. The number of aromatic nitrogens is 4. The Morgan fingerprint density at radius 3 is 2.70 bits per heavy atom. The van der Waals surface area contributed by atoms with Gasteiger partial charge < -0.3 is 19.8 Å². The highest BCUT2D eigenvalue weighted by Gasteiger charge is 2.40. The summed E-state index contributed by atoms with van der Waals surface area (Å²) in [7, 11) is 0. The first-order valence-electron chi connectivity index (χ1n) is 11.6. The number of hydrogen-bond donors (Lipinski definition) is 3. The van der Waals surface area contributed by atoms with Gasteiger partial charge in [-0.05, 0) is 12.8 Å². The molecule has 3 atom stereocenters. The van der Waals surface area contributed by atoms with Crippen molar-refractivity contribution in [2.24, 2.45) is 5.92 Å². The number of amides is 2. The van der Waals surface area contributed by atoms with E-state index in [9.17, 15) is 27.9 Å². The number of ether oxygens (including phenoxy) is 1. The zero-order chi connectivity index (χ0) is 26.7. The number of carbonyl (C=O) groups is 2. The summed E-state index contributed by atoms with van der Waals surface area (Å²) in [6, 6.07) is -0.893. The number of aliphatic hydroxyl groups is 2. The van der Waals surface area contributed by atoms with Crippen LogP contribution in [-0.4, -0.2) is 86.6 Å². The molecular weight excluding hydrogens is 499 g/mol. The molecule has 0 aromatic carbocycles. The van der Waals surface area contributed by atoms with Gasteiger partial charge in [0.25, 0.3) is 0 Å². The van der Waals surface area contributed by atoms with Crippen molar-refractivity contribution in [3.63, 3.8) is 0 Å². The normalized spacial score (nSPS) is 18.6. The Morgan fingerprint density at radius 2 is 2.03 bits per heavy atom. The van der Waals surface area contributed by atoms with Crippen molar-refractivity contribution in [3.05, 3.63) is 24.4 Å². The average molecular weight is 525 g/mol. The number of nitrogens with zero attached hydrogens (tertiary/aromatic N) is 6. The minimum Gasteiger partial charge on any atom is -0.474 e. The predicted molar refractivity (Wildman–Crippen MR) is 124 cm³/mol. The van der Waals surface area contributed by atoms with Crippen LogP contribution in [0.4, 0.5) is 35.3 Å². The SMILES string of the molecule is C[C@@H](CC(=O)c1ncc2c(n1)N(C(=O)Nc1cnc(OC[C@H](O)CO)cn1)[C@H]1CCCN2C1)C(F)(F)F. The molecule has 1 saturated heterocycles. The van der Waals surface area contributed by atoms with E-state index >= 15 is 0 Å². The third kappa shape index (κ3) is 6.05. The number of nitrogens with one attached hydrogen (secondary N) is 1. The summed E-state index contributed by atoms with van der Waals surface area (Å²) in [5.74, 6) is -2.83. The molecule has 0 radical (unpaired) electrons. The second-order valence-corrected chi connectivity index (χ2v) is 8.90. The van der Waals surface area contributed by atoms with Crippen LogP contribution in [0.25, 0.3) is 0 Å². The minimum atomic E-state index is -4.53. The molecule has 37 heavy (non-hydrogen) atoms. The highest BCUT2D eigenvalue weighted by atomic mass is 19.4. The fraction of sp³-hybridized carbons (Fsp3) is 0.545. The topological polar surface area (TPSA) is 154 Å². The number of fused-ring (bicyclic) bond motifs is 4. The quantitative estimate of drug-likeness (QED) is 0.435. The summed E-state index contributed by atoms with van der Waals surface area (Å²) < 4.78 is 44.0. The molecule has 4 heterocycles. The van der Waals surface area contributed by atoms with Gasteiger partial charge in [0.2, 0.25) is 11.7 Å². The van der Waals surface area contributed by atoms with Gasteiger partial charge in [-0.1, -0.05) is 6.92 Å². The maximum Gasteiger partial charge on any atom is 0.391 e. The molecule has 0 unspecified atom stereocenters. The molecule has 2 bridgehead atoms. The van der Waals surface area contributed by atoms with Crippen LogP contribution in [0.15, 0.2) is 18.6 Å². The van der Waals surface area contributed by atoms with Crippen LogP contribution in [0.2, 0.25) is 0 Å². The van der Waals surface area contributed by atoms with Gasteiger partial charge in [-0.25, -0.2) is 24.7 Å². The lowest BCUT2D eigenvalue weighted by Gasteiger charge is -2.45. The molecule has 0 saturated carbocycles. The van der Waals surface area contributed by atoms with Gasteiger partial charge in [-0.3, -0.25) is 15.0 Å². The molecule has 2 amide bonds. The molecule has 2 aliphatic rings.